The molecule has 1 atom stereocenters. The molecule has 1 aromatic rings. The second-order valence-electron chi connectivity index (χ2n) is 6.65. The molecule has 4 nitrogen and oxygen atoms in total. The third-order valence-electron chi connectivity index (χ3n) is 3.80. The molecule has 7 heteroatoms. The summed E-state index contributed by atoms with van der Waals surface area (Å²) in [6.07, 6.45) is -4.47. The first-order valence-electron chi connectivity index (χ1n) is 7.24. The number of benzene rings is 1. The third kappa shape index (κ3) is 5.46. The molecule has 0 heterocycles. The molecule has 0 fully saturated rings. The first-order valence-corrected chi connectivity index (χ1v) is 7.24. The normalized spacial score (nSPS) is 15.7. The van der Waals surface area contributed by atoms with Crippen LogP contribution in [0.3, 0.4) is 0 Å². The van der Waals surface area contributed by atoms with Crippen LogP contribution in [0, 0.1) is 5.41 Å². The Morgan fingerprint density at radius 2 is 1.52 bits per heavy atom. The lowest BCUT2D eigenvalue weighted by molar-refractivity contribution is -0.137. The summed E-state index contributed by atoms with van der Waals surface area (Å²) in [4.78, 5) is 1.67. The second-order valence-corrected chi connectivity index (χ2v) is 6.65. The van der Waals surface area contributed by atoms with Crippen molar-refractivity contribution in [3.05, 3.63) is 35.4 Å². The summed E-state index contributed by atoms with van der Waals surface area (Å²) in [5.41, 5.74) is -2.90. The Morgan fingerprint density at radius 3 is 2.00 bits per heavy atom. The van der Waals surface area contributed by atoms with Crippen molar-refractivity contribution in [3.8, 4) is 0 Å². The molecule has 0 aliphatic carbocycles. The molecular weight excluding hydrogens is 311 g/mol. The molecule has 1 unspecified atom stereocenters. The minimum absolute atomic E-state index is 0.0594. The lowest BCUT2D eigenvalue weighted by Gasteiger charge is -2.35. The standard InChI is InChI=1S/C16H24F3NO3/c1-14(10-21,11-22)8-20(3)9-15(2,23)12-5-4-6-13(7-12)16(17,18)19/h4-7,21-23H,8-11H2,1-3H3. The number of hydrogen-bond acceptors (Lipinski definition) is 4. The fourth-order valence-corrected chi connectivity index (χ4v) is 2.50. The molecule has 1 rings (SSSR count). The topological polar surface area (TPSA) is 63.9 Å². The molecule has 0 saturated carbocycles. The van der Waals surface area contributed by atoms with Crippen LogP contribution in [0.2, 0.25) is 0 Å². The Bertz CT molecular complexity index is 514. The number of alkyl halides is 3. The van der Waals surface area contributed by atoms with Gasteiger partial charge in [-0.2, -0.15) is 13.2 Å². The number of aliphatic hydroxyl groups is 3. The van der Waals surface area contributed by atoms with Crippen LogP contribution in [0.5, 0.6) is 0 Å². The maximum Gasteiger partial charge on any atom is 0.416 e. The van der Waals surface area contributed by atoms with Gasteiger partial charge in [-0.1, -0.05) is 19.1 Å². The highest BCUT2D eigenvalue weighted by Gasteiger charge is 2.34. The van der Waals surface area contributed by atoms with Gasteiger partial charge in [-0.05, 0) is 31.7 Å². The van der Waals surface area contributed by atoms with Gasteiger partial charge in [0.05, 0.1) is 24.4 Å². The summed E-state index contributed by atoms with van der Waals surface area (Å²) in [6, 6.07) is 4.60. The van der Waals surface area contributed by atoms with Gasteiger partial charge in [0.25, 0.3) is 0 Å². The third-order valence-corrected chi connectivity index (χ3v) is 3.80. The van der Waals surface area contributed by atoms with Gasteiger partial charge in [0.1, 0.15) is 0 Å². The van der Waals surface area contributed by atoms with Crippen molar-refractivity contribution in [1.29, 1.82) is 0 Å². The first-order chi connectivity index (χ1) is 10.4. The Labute approximate surface area is 134 Å². The maximum atomic E-state index is 12.8. The van der Waals surface area contributed by atoms with E-state index >= 15 is 0 Å². The molecule has 0 bridgehead atoms. The van der Waals surface area contributed by atoms with Gasteiger partial charge in [0, 0.05) is 18.5 Å². The fraction of sp³-hybridized carbons (Fsp3) is 0.625. The molecule has 0 amide bonds. The molecule has 23 heavy (non-hydrogen) atoms. The lowest BCUT2D eigenvalue weighted by Crippen LogP contribution is -2.44. The lowest BCUT2D eigenvalue weighted by atomic mass is 9.90. The van der Waals surface area contributed by atoms with Gasteiger partial charge in [0.2, 0.25) is 0 Å². The molecule has 132 valence electrons. The van der Waals surface area contributed by atoms with Crippen molar-refractivity contribution in [2.45, 2.75) is 25.6 Å². The summed E-state index contributed by atoms with van der Waals surface area (Å²) < 4.78 is 38.4. The van der Waals surface area contributed by atoms with E-state index in [0.717, 1.165) is 12.1 Å². The minimum Gasteiger partial charge on any atom is -0.396 e. The zero-order valence-corrected chi connectivity index (χ0v) is 13.6. The van der Waals surface area contributed by atoms with Crippen LogP contribution < -0.4 is 0 Å². The highest BCUT2D eigenvalue weighted by molar-refractivity contribution is 5.29. The van der Waals surface area contributed by atoms with Crippen molar-refractivity contribution in [1.82, 2.24) is 4.90 Å². The molecule has 0 aliphatic rings. The monoisotopic (exact) mass is 335 g/mol. The van der Waals surface area contributed by atoms with Crippen LogP contribution in [0.1, 0.15) is 25.0 Å². The van der Waals surface area contributed by atoms with Crippen molar-refractivity contribution in [2.75, 3.05) is 33.4 Å². The van der Waals surface area contributed by atoms with Crippen LogP contribution in [0.15, 0.2) is 24.3 Å². The first kappa shape index (κ1) is 19.9. The second kappa shape index (κ2) is 7.17. The number of rotatable bonds is 7. The zero-order valence-electron chi connectivity index (χ0n) is 13.6. The van der Waals surface area contributed by atoms with Gasteiger partial charge in [-0.3, -0.25) is 0 Å². The van der Waals surface area contributed by atoms with Gasteiger partial charge in [-0.25, -0.2) is 0 Å². The van der Waals surface area contributed by atoms with Crippen LogP contribution in [0.25, 0.3) is 0 Å². The summed E-state index contributed by atoms with van der Waals surface area (Å²) in [5.74, 6) is 0. The average molecular weight is 335 g/mol. The highest BCUT2D eigenvalue weighted by atomic mass is 19.4. The van der Waals surface area contributed by atoms with Gasteiger partial charge >= 0.3 is 6.18 Å². The summed E-state index contributed by atoms with van der Waals surface area (Å²) >= 11 is 0. The number of aliphatic hydroxyl groups excluding tert-OH is 2. The molecule has 1 aromatic carbocycles. The summed E-state index contributed by atoms with van der Waals surface area (Å²) in [5, 5.41) is 29.2. The van der Waals surface area contributed by atoms with Crippen LogP contribution in [0.4, 0.5) is 13.2 Å². The molecule has 0 spiro atoms. The van der Waals surface area contributed by atoms with E-state index in [2.05, 4.69) is 0 Å². The number of halogens is 3. The molecule has 0 aromatic heterocycles. The van der Waals surface area contributed by atoms with E-state index in [1.54, 1.807) is 18.9 Å². The minimum atomic E-state index is -4.47. The Kier molecular flexibility index (Phi) is 6.20. The van der Waals surface area contributed by atoms with Crippen molar-refractivity contribution in [2.24, 2.45) is 5.41 Å². The molecule has 0 aliphatic heterocycles. The SMILES string of the molecule is CN(CC(C)(CO)CO)CC(C)(O)c1cccc(C(F)(F)F)c1. The van der Waals surface area contributed by atoms with Crippen molar-refractivity contribution in [3.63, 3.8) is 0 Å². The highest BCUT2D eigenvalue weighted by Crippen LogP contribution is 2.32. The molecule has 3 N–H and O–H groups in total. The van der Waals surface area contributed by atoms with E-state index < -0.39 is 22.8 Å². The Morgan fingerprint density at radius 1 is 1.00 bits per heavy atom. The predicted octanol–water partition coefficient (Wildman–Crippen LogP) is 1.84. The number of nitrogens with zero attached hydrogens (tertiary/aromatic N) is 1. The Balaban J connectivity index is 2.91. The predicted molar refractivity (Wildman–Crippen MR) is 80.8 cm³/mol. The number of hydrogen-bond donors (Lipinski definition) is 3. The molecule has 0 radical (unpaired) electrons. The van der Waals surface area contributed by atoms with E-state index in [1.807, 2.05) is 0 Å². The molecule has 0 saturated heterocycles. The number of likely N-dealkylation sites (N-methyl/N-ethyl adjacent to an activating group) is 1. The van der Waals surface area contributed by atoms with E-state index in [9.17, 15) is 28.5 Å². The van der Waals surface area contributed by atoms with E-state index in [0.29, 0.717) is 0 Å². The van der Waals surface area contributed by atoms with E-state index in [-0.39, 0.29) is 31.9 Å². The van der Waals surface area contributed by atoms with Crippen LogP contribution >= 0.6 is 0 Å². The smallest absolute Gasteiger partial charge is 0.396 e. The average Bonchev–Trinajstić information content (AvgIpc) is 2.45. The zero-order chi connectivity index (χ0) is 17.9. The van der Waals surface area contributed by atoms with Crippen molar-refractivity contribution < 1.29 is 28.5 Å². The van der Waals surface area contributed by atoms with Gasteiger partial charge in [-0.15, -0.1) is 0 Å². The summed E-state index contributed by atoms with van der Waals surface area (Å²) in [6.45, 7) is 2.99. The van der Waals surface area contributed by atoms with Crippen molar-refractivity contribution >= 4 is 0 Å². The summed E-state index contributed by atoms with van der Waals surface area (Å²) in [7, 11) is 1.67. The molecular formula is C16H24F3NO3. The van der Waals surface area contributed by atoms with Gasteiger partial charge in [0.15, 0.2) is 0 Å². The fourth-order valence-electron chi connectivity index (χ4n) is 2.50. The van der Waals surface area contributed by atoms with E-state index in [1.165, 1.54) is 19.1 Å². The maximum absolute atomic E-state index is 12.8. The van der Waals surface area contributed by atoms with Crippen LogP contribution in [-0.4, -0.2) is 53.6 Å². The Hall–Kier alpha value is -1.15. The van der Waals surface area contributed by atoms with Gasteiger partial charge < -0.3 is 20.2 Å². The quantitative estimate of drug-likeness (QED) is 0.711. The van der Waals surface area contributed by atoms with Crippen LogP contribution in [-0.2, 0) is 11.8 Å². The largest absolute Gasteiger partial charge is 0.416 e. The van der Waals surface area contributed by atoms with E-state index in [4.69, 9.17) is 0 Å².